The Morgan fingerprint density at radius 2 is 1.70 bits per heavy atom. The molecule has 44 heavy (non-hydrogen) atoms. The predicted molar refractivity (Wildman–Crippen MR) is 175 cm³/mol. The molecule has 2 aliphatic heterocycles. The second-order valence-corrected chi connectivity index (χ2v) is 15.3. The van der Waals surface area contributed by atoms with Crippen molar-refractivity contribution in [1.82, 2.24) is 14.7 Å². The molecule has 9 atom stereocenters. The molecule has 3 aliphatic rings. The summed E-state index contributed by atoms with van der Waals surface area (Å²) in [6.45, 7) is 19.2. The maximum absolute atomic E-state index is 14.2. The van der Waals surface area contributed by atoms with Crippen molar-refractivity contribution in [2.45, 2.75) is 129 Å². The molecule has 1 N–H and O–H groups in total. The Bertz CT molecular complexity index is 924. The van der Waals surface area contributed by atoms with E-state index in [4.69, 9.17) is 14.2 Å². The number of aliphatic hydroxyl groups excluding tert-OH is 1. The zero-order valence-electron chi connectivity index (χ0n) is 29.6. The third-order valence-corrected chi connectivity index (χ3v) is 10.9. The fraction of sp³-hybridized carbons (Fsp3) is 0.943. The van der Waals surface area contributed by atoms with Crippen molar-refractivity contribution in [1.29, 1.82) is 0 Å². The van der Waals surface area contributed by atoms with Gasteiger partial charge in [0.25, 0.3) is 0 Å². The van der Waals surface area contributed by atoms with Gasteiger partial charge in [-0.05, 0) is 118 Å². The van der Waals surface area contributed by atoms with Crippen LogP contribution in [0.5, 0.6) is 0 Å². The van der Waals surface area contributed by atoms with Gasteiger partial charge in [0.1, 0.15) is 12.0 Å². The van der Waals surface area contributed by atoms with Crippen molar-refractivity contribution in [2.24, 2.45) is 23.2 Å². The van der Waals surface area contributed by atoms with E-state index in [1.54, 1.807) is 21.0 Å². The summed E-state index contributed by atoms with van der Waals surface area (Å²) in [6, 6.07) is 0.0462. The molecular weight excluding hydrogens is 558 g/mol. The Kier molecular flexibility index (Phi) is 13.7. The molecule has 256 valence electrons. The number of ketones is 1. The lowest BCUT2D eigenvalue weighted by Gasteiger charge is -2.47. The molecule has 0 unspecified atom stereocenters. The van der Waals surface area contributed by atoms with Gasteiger partial charge in [-0.25, -0.2) is 0 Å². The van der Waals surface area contributed by atoms with Crippen LogP contribution in [0.25, 0.3) is 0 Å². The van der Waals surface area contributed by atoms with Gasteiger partial charge in [-0.2, -0.15) is 0 Å². The van der Waals surface area contributed by atoms with E-state index in [1.807, 2.05) is 27.9 Å². The van der Waals surface area contributed by atoms with Crippen LogP contribution in [0.3, 0.4) is 0 Å². The molecule has 0 aromatic heterocycles. The van der Waals surface area contributed by atoms with Crippen LogP contribution in [0, 0.1) is 23.2 Å². The SMILES string of the molecule is CCN1C[C@H](C)C[C@@](C)(OC)[C@H](O[C@@H]2C[C@H](C)C[C@H](N(C)C)[C@H]2O)[C@@H](C)C(=O)C(C)(C)C(=O)OC[C@@H]1CCCN1CCCC1. The maximum atomic E-state index is 14.2. The highest BCUT2D eigenvalue weighted by Gasteiger charge is 2.51. The van der Waals surface area contributed by atoms with Gasteiger partial charge in [0, 0.05) is 31.7 Å². The largest absolute Gasteiger partial charge is 0.463 e. The topological polar surface area (TPSA) is 91.8 Å². The summed E-state index contributed by atoms with van der Waals surface area (Å²) < 4.78 is 19.2. The molecule has 0 spiro atoms. The van der Waals surface area contributed by atoms with Gasteiger partial charge in [0.05, 0.1) is 23.9 Å². The van der Waals surface area contributed by atoms with Gasteiger partial charge in [0.15, 0.2) is 5.78 Å². The molecule has 9 heteroatoms. The van der Waals surface area contributed by atoms with E-state index in [9.17, 15) is 14.7 Å². The van der Waals surface area contributed by atoms with Crippen molar-refractivity contribution in [3.05, 3.63) is 0 Å². The molecule has 1 aliphatic carbocycles. The molecule has 9 nitrogen and oxygen atoms in total. The summed E-state index contributed by atoms with van der Waals surface area (Å²) in [6.07, 6.45) is 5.00. The number of methoxy groups -OCH3 is 1. The lowest BCUT2D eigenvalue weighted by molar-refractivity contribution is -0.206. The number of likely N-dealkylation sites (tertiary alicyclic amines) is 1. The van der Waals surface area contributed by atoms with Crippen molar-refractivity contribution in [3.8, 4) is 0 Å². The van der Waals surface area contributed by atoms with Crippen molar-refractivity contribution in [3.63, 3.8) is 0 Å². The predicted octanol–water partition coefficient (Wildman–Crippen LogP) is 4.25. The molecule has 2 heterocycles. The van der Waals surface area contributed by atoms with E-state index in [-0.39, 0.29) is 30.4 Å². The third kappa shape index (κ3) is 9.03. The number of ether oxygens (including phenoxy) is 3. The Morgan fingerprint density at radius 3 is 2.30 bits per heavy atom. The van der Waals surface area contributed by atoms with E-state index < -0.39 is 41.2 Å². The maximum Gasteiger partial charge on any atom is 0.319 e. The van der Waals surface area contributed by atoms with Crippen molar-refractivity contribution >= 4 is 11.8 Å². The molecule has 0 amide bonds. The number of hydrogen-bond acceptors (Lipinski definition) is 9. The number of Topliss-reactive ketones (excluding diaryl/α,β-unsaturated/α-hetero) is 1. The normalized spacial score (nSPS) is 38.6. The third-order valence-electron chi connectivity index (χ3n) is 10.9. The van der Waals surface area contributed by atoms with Gasteiger partial charge in [-0.1, -0.05) is 27.7 Å². The lowest BCUT2D eigenvalue weighted by Crippen LogP contribution is -2.58. The highest BCUT2D eigenvalue weighted by molar-refractivity contribution is 6.04. The van der Waals surface area contributed by atoms with Gasteiger partial charge in [-0.3, -0.25) is 14.5 Å². The van der Waals surface area contributed by atoms with Gasteiger partial charge in [0.2, 0.25) is 0 Å². The van der Waals surface area contributed by atoms with Crippen LogP contribution in [-0.2, 0) is 23.8 Å². The quantitative estimate of drug-likeness (QED) is 0.299. The first-order chi connectivity index (χ1) is 20.6. The van der Waals surface area contributed by atoms with Crippen LogP contribution < -0.4 is 0 Å². The van der Waals surface area contributed by atoms with Crippen LogP contribution in [0.15, 0.2) is 0 Å². The van der Waals surface area contributed by atoms with Crippen LogP contribution in [-0.4, -0.2) is 128 Å². The van der Waals surface area contributed by atoms with Gasteiger partial charge < -0.3 is 29.1 Å². The Morgan fingerprint density at radius 1 is 1.05 bits per heavy atom. The highest BCUT2D eigenvalue weighted by atomic mass is 16.6. The minimum absolute atomic E-state index is 0.0378. The first-order valence-electron chi connectivity index (χ1n) is 17.4. The average molecular weight is 624 g/mol. The molecule has 1 saturated carbocycles. The van der Waals surface area contributed by atoms with Crippen molar-refractivity contribution < 1.29 is 28.9 Å². The monoisotopic (exact) mass is 623 g/mol. The minimum Gasteiger partial charge on any atom is -0.463 e. The standard InChI is InChI=1S/C35H65N3O6/c1-11-38-22-25(3)21-35(7,42-10)32(44-29-20-24(2)19-28(30(29)39)36(8)9)26(4)31(40)34(5,6)33(41)43-23-27(38)15-14-18-37-16-12-13-17-37/h24-30,32,39H,11-23H2,1-10H3/t24-,25-,26+,27+,28+,29-,30-,32-,35-/m1/s1. The Labute approximate surface area is 268 Å². The summed E-state index contributed by atoms with van der Waals surface area (Å²) in [5.41, 5.74) is -2.17. The van der Waals surface area contributed by atoms with E-state index in [1.165, 1.54) is 25.9 Å². The van der Waals surface area contributed by atoms with E-state index >= 15 is 0 Å². The number of likely N-dealkylation sites (N-methyl/N-ethyl adjacent to an activating group) is 2. The molecule has 0 aromatic carbocycles. The number of carbonyl (C=O) groups is 2. The zero-order valence-corrected chi connectivity index (χ0v) is 29.6. The summed E-state index contributed by atoms with van der Waals surface area (Å²) in [5, 5.41) is 11.4. The van der Waals surface area contributed by atoms with Crippen LogP contribution in [0.2, 0.25) is 0 Å². The molecule has 2 saturated heterocycles. The Balaban J connectivity index is 1.93. The number of cyclic esters (lactones) is 1. The number of carbonyl (C=O) groups excluding carboxylic acids is 2. The zero-order chi connectivity index (χ0) is 32.8. The van der Waals surface area contributed by atoms with Crippen molar-refractivity contribution in [2.75, 3.05) is 60.5 Å². The molecule has 3 rings (SSSR count). The molecule has 0 radical (unpaired) electrons. The summed E-state index contributed by atoms with van der Waals surface area (Å²) in [7, 11) is 5.67. The van der Waals surface area contributed by atoms with Gasteiger partial charge in [-0.15, -0.1) is 0 Å². The fourth-order valence-corrected chi connectivity index (χ4v) is 8.16. The first kappa shape index (κ1) is 37.4. The number of nitrogens with zero attached hydrogens (tertiary/aromatic N) is 3. The number of esters is 1. The molecule has 0 aromatic rings. The molecular formula is C35H65N3O6. The Hall–Kier alpha value is -1.10. The number of rotatable bonds is 9. The first-order valence-corrected chi connectivity index (χ1v) is 17.4. The van der Waals surface area contributed by atoms with Crippen LogP contribution >= 0.6 is 0 Å². The van der Waals surface area contributed by atoms with Crippen LogP contribution in [0.4, 0.5) is 0 Å². The number of hydrogen-bond donors (Lipinski definition) is 1. The lowest BCUT2D eigenvalue weighted by atomic mass is 9.73. The van der Waals surface area contributed by atoms with E-state index in [0.29, 0.717) is 18.8 Å². The molecule has 3 fully saturated rings. The molecule has 0 bridgehead atoms. The second-order valence-electron chi connectivity index (χ2n) is 15.3. The van der Waals surface area contributed by atoms with Crippen LogP contribution in [0.1, 0.15) is 93.4 Å². The minimum atomic E-state index is -1.35. The summed E-state index contributed by atoms with van der Waals surface area (Å²) in [5.74, 6) is -0.779. The van der Waals surface area contributed by atoms with E-state index in [2.05, 4.69) is 35.5 Å². The second kappa shape index (κ2) is 16.1. The summed E-state index contributed by atoms with van der Waals surface area (Å²) in [4.78, 5) is 34.9. The highest BCUT2D eigenvalue weighted by Crippen LogP contribution is 2.39. The number of aliphatic hydroxyl groups is 1. The van der Waals surface area contributed by atoms with E-state index in [0.717, 1.165) is 38.9 Å². The fourth-order valence-electron chi connectivity index (χ4n) is 8.16. The smallest absolute Gasteiger partial charge is 0.319 e. The average Bonchev–Trinajstić information content (AvgIpc) is 3.49. The van der Waals surface area contributed by atoms with Gasteiger partial charge >= 0.3 is 5.97 Å². The summed E-state index contributed by atoms with van der Waals surface area (Å²) >= 11 is 0.